The first kappa shape index (κ1) is 18.2. The Labute approximate surface area is 182 Å². The average Bonchev–Trinajstić information content (AvgIpc) is 3.26. The van der Waals surface area contributed by atoms with Crippen LogP contribution in [0.3, 0.4) is 0 Å². The van der Waals surface area contributed by atoms with Gasteiger partial charge in [0.2, 0.25) is 5.95 Å². The monoisotopic (exact) mass is 430 g/mol. The van der Waals surface area contributed by atoms with E-state index in [1.807, 2.05) is 54.6 Å². The molecule has 152 valence electrons. The van der Waals surface area contributed by atoms with Crippen LogP contribution in [0.1, 0.15) is 28.8 Å². The van der Waals surface area contributed by atoms with E-state index in [1.165, 1.54) is 12.4 Å². The molecule has 0 fully saturated rings. The Balaban J connectivity index is 1.66. The summed E-state index contributed by atoms with van der Waals surface area (Å²) in [6.45, 7) is 0. The normalized spacial score (nSPS) is 19.0. The van der Waals surface area contributed by atoms with Gasteiger partial charge in [-0.3, -0.25) is 0 Å². The number of fused-ring (bicyclic) bond motifs is 3. The largest absolute Gasteiger partial charge is 0.480 e. The summed E-state index contributed by atoms with van der Waals surface area (Å²) in [4.78, 5) is 4.36. The first-order valence-electron chi connectivity index (χ1n) is 9.87. The molecule has 2 atom stereocenters. The van der Waals surface area contributed by atoms with Crippen molar-refractivity contribution in [2.24, 2.45) is 0 Å². The molecule has 0 unspecified atom stereocenters. The number of benzene rings is 3. The van der Waals surface area contributed by atoms with Crippen LogP contribution in [-0.4, -0.2) is 14.8 Å². The number of nitrogens with one attached hydrogen (secondary N) is 1. The number of hydrogen-bond acceptors (Lipinski definition) is 4. The molecule has 0 aliphatic carbocycles. The third-order valence-corrected chi connectivity index (χ3v) is 5.91. The van der Waals surface area contributed by atoms with E-state index in [9.17, 15) is 0 Å². The Hall–Kier alpha value is -3.64. The van der Waals surface area contributed by atoms with Crippen LogP contribution in [0.2, 0.25) is 5.02 Å². The van der Waals surface area contributed by atoms with Crippen molar-refractivity contribution in [3.63, 3.8) is 0 Å². The van der Waals surface area contributed by atoms with Crippen LogP contribution in [-0.2, 0) is 0 Å². The fraction of sp³-hybridized carbons (Fsp3) is 0.0833. The van der Waals surface area contributed by atoms with E-state index in [1.54, 1.807) is 16.8 Å². The van der Waals surface area contributed by atoms with Crippen molar-refractivity contribution in [1.82, 2.24) is 14.8 Å². The molecule has 7 heteroatoms. The number of para-hydroxylation sites is 1. The minimum Gasteiger partial charge on any atom is -0.480 e. The van der Waals surface area contributed by atoms with Gasteiger partial charge in [-0.1, -0.05) is 54.1 Å². The van der Waals surface area contributed by atoms with Gasteiger partial charge in [0.1, 0.15) is 30.0 Å². The van der Waals surface area contributed by atoms with Crippen LogP contribution in [0.25, 0.3) is 5.70 Å². The Kier molecular flexibility index (Phi) is 4.07. The van der Waals surface area contributed by atoms with Crippen molar-refractivity contribution >= 4 is 23.2 Å². The summed E-state index contributed by atoms with van der Waals surface area (Å²) in [5.74, 6) is 0.971. The second-order valence-electron chi connectivity index (χ2n) is 7.46. The second-order valence-corrected chi connectivity index (χ2v) is 7.89. The Morgan fingerprint density at radius 2 is 1.84 bits per heavy atom. The maximum atomic E-state index is 15.1. The van der Waals surface area contributed by atoms with E-state index in [4.69, 9.17) is 16.3 Å². The summed E-state index contributed by atoms with van der Waals surface area (Å²) >= 11 is 6.31. The highest BCUT2D eigenvalue weighted by Gasteiger charge is 2.41. The van der Waals surface area contributed by atoms with Crippen molar-refractivity contribution in [2.45, 2.75) is 12.1 Å². The highest BCUT2D eigenvalue weighted by atomic mass is 35.5. The van der Waals surface area contributed by atoms with Gasteiger partial charge in [0, 0.05) is 21.7 Å². The molecule has 3 aromatic carbocycles. The predicted octanol–water partition coefficient (Wildman–Crippen LogP) is 5.63. The van der Waals surface area contributed by atoms with Gasteiger partial charge in [0.15, 0.2) is 0 Å². The maximum Gasteiger partial charge on any atom is 0.226 e. The Morgan fingerprint density at radius 3 is 2.71 bits per heavy atom. The third kappa shape index (κ3) is 2.83. The van der Waals surface area contributed by atoms with E-state index in [0.29, 0.717) is 16.5 Å². The standard InChI is InChI=1S/C24H16ClFN4O/c25-15-7-5-6-14(12-15)23-20-21(17-9-2-4-11-19(17)31-23)29-24-27-13-28-30(24)22(20)16-8-1-3-10-18(16)26/h1-13,22-23H,(H,27,28,29)/t22-,23+/m1/s1. The van der Waals surface area contributed by atoms with Crippen LogP contribution >= 0.6 is 11.6 Å². The molecule has 2 aliphatic heterocycles. The third-order valence-electron chi connectivity index (χ3n) is 5.67. The molecule has 0 spiro atoms. The highest BCUT2D eigenvalue weighted by Crippen LogP contribution is 2.50. The molecular formula is C24H16ClFN4O. The van der Waals surface area contributed by atoms with Gasteiger partial charge in [-0.25, -0.2) is 9.07 Å². The van der Waals surface area contributed by atoms with Gasteiger partial charge in [0.05, 0.1) is 5.70 Å². The van der Waals surface area contributed by atoms with E-state index >= 15 is 4.39 Å². The summed E-state index contributed by atoms with van der Waals surface area (Å²) in [6, 6.07) is 21.5. The molecule has 5 nitrogen and oxygen atoms in total. The van der Waals surface area contributed by atoms with E-state index in [2.05, 4.69) is 15.4 Å². The van der Waals surface area contributed by atoms with E-state index in [-0.39, 0.29) is 5.82 Å². The van der Waals surface area contributed by atoms with Crippen molar-refractivity contribution < 1.29 is 9.13 Å². The highest BCUT2D eigenvalue weighted by molar-refractivity contribution is 6.30. The lowest BCUT2D eigenvalue weighted by atomic mass is 9.84. The quantitative estimate of drug-likeness (QED) is 0.447. The zero-order valence-corrected chi connectivity index (χ0v) is 16.9. The van der Waals surface area contributed by atoms with Crippen LogP contribution < -0.4 is 10.1 Å². The number of hydrogen-bond donors (Lipinski definition) is 1. The van der Waals surface area contributed by atoms with Crippen molar-refractivity contribution in [3.05, 3.63) is 112 Å². The van der Waals surface area contributed by atoms with Crippen molar-refractivity contribution in [3.8, 4) is 5.75 Å². The SMILES string of the molecule is Fc1ccccc1[C@@H]1C2=C(Nc3ncnn31)c1ccccc1O[C@H]2c1cccc(Cl)c1. The second kappa shape index (κ2) is 6.96. The molecule has 3 heterocycles. The minimum absolute atomic E-state index is 0.314. The zero-order valence-electron chi connectivity index (χ0n) is 16.2. The van der Waals surface area contributed by atoms with Gasteiger partial charge >= 0.3 is 0 Å². The summed E-state index contributed by atoms with van der Waals surface area (Å²) in [5, 5.41) is 8.42. The van der Waals surface area contributed by atoms with Crippen molar-refractivity contribution in [2.75, 3.05) is 5.32 Å². The first-order chi connectivity index (χ1) is 15.2. The van der Waals surface area contributed by atoms with Gasteiger partial charge in [-0.2, -0.15) is 10.1 Å². The first-order valence-corrected chi connectivity index (χ1v) is 10.2. The van der Waals surface area contributed by atoms with Crippen LogP contribution in [0.5, 0.6) is 5.75 Å². The topological polar surface area (TPSA) is 52.0 Å². The van der Waals surface area contributed by atoms with Crippen molar-refractivity contribution in [1.29, 1.82) is 0 Å². The average molecular weight is 431 g/mol. The summed E-state index contributed by atoms with van der Waals surface area (Å²) in [7, 11) is 0. The Bertz CT molecular complexity index is 1350. The van der Waals surface area contributed by atoms with Gasteiger partial charge in [-0.15, -0.1) is 0 Å². The van der Waals surface area contributed by atoms with E-state index in [0.717, 1.165) is 28.1 Å². The molecule has 0 amide bonds. The van der Waals surface area contributed by atoms with Crippen LogP contribution in [0.15, 0.2) is 84.7 Å². The summed E-state index contributed by atoms with van der Waals surface area (Å²) < 4.78 is 23.2. The fourth-order valence-electron chi connectivity index (χ4n) is 4.36. The van der Waals surface area contributed by atoms with Gasteiger partial charge in [-0.05, 0) is 35.9 Å². The maximum absolute atomic E-state index is 15.1. The summed E-state index contributed by atoms with van der Waals surface area (Å²) in [5.41, 5.74) is 3.97. The molecule has 31 heavy (non-hydrogen) atoms. The fourth-order valence-corrected chi connectivity index (χ4v) is 4.56. The number of rotatable bonds is 2. The zero-order chi connectivity index (χ0) is 20.9. The number of halogens is 2. The molecule has 0 saturated heterocycles. The molecule has 2 aliphatic rings. The molecule has 0 bridgehead atoms. The molecule has 1 aromatic heterocycles. The number of aromatic nitrogens is 3. The van der Waals surface area contributed by atoms with E-state index < -0.39 is 12.1 Å². The molecule has 0 radical (unpaired) electrons. The lowest BCUT2D eigenvalue weighted by Gasteiger charge is -2.39. The number of nitrogens with zero attached hydrogens (tertiary/aromatic N) is 3. The van der Waals surface area contributed by atoms with Crippen LogP contribution in [0, 0.1) is 5.82 Å². The minimum atomic E-state index is -0.535. The predicted molar refractivity (Wildman–Crippen MR) is 116 cm³/mol. The smallest absolute Gasteiger partial charge is 0.226 e. The molecule has 1 N–H and O–H groups in total. The lowest BCUT2D eigenvalue weighted by Crippen LogP contribution is -2.32. The molecule has 4 aromatic rings. The molecular weight excluding hydrogens is 415 g/mol. The Morgan fingerprint density at radius 1 is 1.00 bits per heavy atom. The summed E-state index contributed by atoms with van der Waals surface area (Å²) in [6.07, 6.45) is 0.980. The lowest BCUT2D eigenvalue weighted by molar-refractivity contribution is 0.222. The van der Waals surface area contributed by atoms with Crippen LogP contribution in [0.4, 0.5) is 10.3 Å². The van der Waals surface area contributed by atoms with Gasteiger partial charge in [0.25, 0.3) is 0 Å². The molecule has 6 rings (SSSR count). The number of ether oxygens (including phenoxy) is 1. The number of anilines is 1. The van der Waals surface area contributed by atoms with Gasteiger partial charge < -0.3 is 10.1 Å². The molecule has 0 saturated carbocycles.